The lowest BCUT2D eigenvalue weighted by Crippen LogP contribution is -2.12. The number of carbonyl (C=O) groups excluding carboxylic acids is 2. The van der Waals surface area contributed by atoms with Gasteiger partial charge in [0, 0.05) is 29.7 Å². The highest BCUT2D eigenvalue weighted by Gasteiger charge is 2.21. The summed E-state index contributed by atoms with van der Waals surface area (Å²) in [5.74, 6) is 0.895. The number of carbonyl (C=O) groups is 2. The predicted molar refractivity (Wildman–Crippen MR) is 120 cm³/mol. The molecule has 0 aliphatic heterocycles. The van der Waals surface area contributed by atoms with E-state index in [0.717, 1.165) is 0 Å². The van der Waals surface area contributed by atoms with Gasteiger partial charge in [0.15, 0.2) is 17.3 Å². The first-order valence-electron chi connectivity index (χ1n) is 9.69. The summed E-state index contributed by atoms with van der Waals surface area (Å²) in [6.07, 6.45) is 0. The van der Waals surface area contributed by atoms with Gasteiger partial charge in [-0.1, -0.05) is 12.1 Å². The van der Waals surface area contributed by atoms with Crippen LogP contribution in [0, 0.1) is 0 Å². The summed E-state index contributed by atoms with van der Waals surface area (Å²) < 4.78 is 21.3. The van der Waals surface area contributed by atoms with E-state index in [0.29, 0.717) is 45.6 Å². The van der Waals surface area contributed by atoms with E-state index < -0.39 is 0 Å². The Morgan fingerprint density at radius 1 is 0.844 bits per heavy atom. The van der Waals surface area contributed by atoms with Crippen LogP contribution in [0.2, 0.25) is 0 Å². The number of methoxy groups -OCH3 is 4. The third-order valence-electron chi connectivity index (χ3n) is 4.73. The zero-order valence-corrected chi connectivity index (χ0v) is 18.5. The van der Waals surface area contributed by atoms with Crippen LogP contribution in [0.5, 0.6) is 23.1 Å². The maximum absolute atomic E-state index is 13.5. The molecule has 1 heterocycles. The molecule has 0 spiro atoms. The van der Waals surface area contributed by atoms with Crippen LogP contribution >= 0.6 is 0 Å². The number of ketones is 1. The van der Waals surface area contributed by atoms with Crippen molar-refractivity contribution in [1.29, 1.82) is 0 Å². The van der Waals surface area contributed by atoms with E-state index in [1.807, 2.05) is 12.1 Å². The number of pyridine rings is 1. The monoisotopic (exact) mass is 436 g/mol. The largest absolute Gasteiger partial charge is 0.493 e. The minimum atomic E-state index is -0.335. The maximum Gasteiger partial charge on any atom is 0.221 e. The van der Waals surface area contributed by atoms with Crippen molar-refractivity contribution in [3.63, 3.8) is 0 Å². The molecule has 0 aliphatic rings. The van der Waals surface area contributed by atoms with Gasteiger partial charge in [-0.3, -0.25) is 9.59 Å². The first kappa shape index (κ1) is 22.6. The molecular formula is C24H24N2O6. The Bertz CT molecular complexity index is 1130. The highest BCUT2D eigenvalue weighted by molar-refractivity contribution is 6.14. The molecule has 0 atom stereocenters. The predicted octanol–water partition coefficient (Wildman–Crippen LogP) is 3.97. The van der Waals surface area contributed by atoms with Gasteiger partial charge in [-0.05, 0) is 30.3 Å². The average Bonchev–Trinajstić information content (AvgIpc) is 2.82. The van der Waals surface area contributed by atoms with E-state index in [9.17, 15) is 9.59 Å². The van der Waals surface area contributed by atoms with Gasteiger partial charge in [-0.15, -0.1) is 0 Å². The Balaban J connectivity index is 2.15. The molecule has 0 bridgehead atoms. The van der Waals surface area contributed by atoms with E-state index >= 15 is 0 Å². The van der Waals surface area contributed by atoms with E-state index in [2.05, 4.69) is 10.3 Å². The van der Waals surface area contributed by atoms with Gasteiger partial charge in [0.05, 0.1) is 39.8 Å². The Morgan fingerprint density at radius 3 is 2.09 bits per heavy atom. The number of amides is 1. The highest BCUT2D eigenvalue weighted by atomic mass is 16.5. The molecule has 0 fully saturated rings. The quantitative estimate of drug-likeness (QED) is 0.534. The number of ether oxygens (including phenoxy) is 4. The summed E-state index contributed by atoms with van der Waals surface area (Å²) in [5, 5.41) is 2.71. The Labute approximate surface area is 186 Å². The molecule has 1 amide bonds. The van der Waals surface area contributed by atoms with Crippen LogP contribution in [-0.2, 0) is 4.79 Å². The SMILES string of the molecule is COc1cccc(-c2ccc(NC(C)=O)c(C(=O)c3cc(OC)c(OC)c(OC)c3)c2)n1. The topological polar surface area (TPSA) is 96.0 Å². The summed E-state index contributed by atoms with van der Waals surface area (Å²) in [6, 6.07) is 13.6. The van der Waals surface area contributed by atoms with Gasteiger partial charge < -0.3 is 24.3 Å². The van der Waals surface area contributed by atoms with Crippen molar-refractivity contribution in [2.75, 3.05) is 33.8 Å². The van der Waals surface area contributed by atoms with Crippen molar-refractivity contribution in [3.05, 3.63) is 59.7 Å². The fourth-order valence-corrected chi connectivity index (χ4v) is 3.25. The van der Waals surface area contributed by atoms with Crippen LogP contribution in [0.15, 0.2) is 48.5 Å². The molecule has 1 N–H and O–H groups in total. The number of hydrogen-bond acceptors (Lipinski definition) is 7. The number of rotatable bonds is 8. The number of aromatic nitrogens is 1. The lowest BCUT2D eigenvalue weighted by molar-refractivity contribution is -0.114. The second-order valence-electron chi connectivity index (χ2n) is 6.75. The van der Waals surface area contributed by atoms with Crippen molar-refractivity contribution in [2.45, 2.75) is 6.92 Å². The summed E-state index contributed by atoms with van der Waals surface area (Å²) in [6.45, 7) is 1.38. The molecular weight excluding hydrogens is 412 g/mol. The second kappa shape index (κ2) is 9.82. The summed E-state index contributed by atoms with van der Waals surface area (Å²) in [5.41, 5.74) is 2.29. The van der Waals surface area contributed by atoms with Crippen molar-refractivity contribution in [2.24, 2.45) is 0 Å². The summed E-state index contributed by atoms with van der Waals surface area (Å²) in [4.78, 5) is 29.7. The Kier molecular flexibility index (Phi) is 6.94. The molecule has 1 aromatic heterocycles. The van der Waals surface area contributed by atoms with Gasteiger partial charge in [0.2, 0.25) is 17.5 Å². The van der Waals surface area contributed by atoms with Crippen LogP contribution in [0.4, 0.5) is 5.69 Å². The molecule has 0 radical (unpaired) electrons. The van der Waals surface area contributed by atoms with Gasteiger partial charge in [-0.25, -0.2) is 4.98 Å². The standard InChI is InChI=1S/C24H24N2O6/c1-14(27)25-19-10-9-15(18-7-6-8-22(26-18)31-4)11-17(19)23(28)16-12-20(29-2)24(32-5)21(13-16)30-3/h6-13H,1-5H3,(H,25,27). The number of nitrogens with zero attached hydrogens (tertiary/aromatic N) is 1. The fourth-order valence-electron chi connectivity index (χ4n) is 3.25. The normalized spacial score (nSPS) is 10.3. The van der Waals surface area contributed by atoms with Crippen LogP contribution in [0.3, 0.4) is 0 Å². The van der Waals surface area contributed by atoms with Crippen LogP contribution < -0.4 is 24.3 Å². The van der Waals surface area contributed by atoms with E-state index in [-0.39, 0.29) is 17.3 Å². The first-order valence-corrected chi connectivity index (χ1v) is 9.69. The van der Waals surface area contributed by atoms with E-state index in [1.54, 1.807) is 36.4 Å². The van der Waals surface area contributed by atoms with Crippen molar-refractivity contribution in [1.82, 2.24) is 4.98 Å². The van der Waals surface area contributed by atoms with E-state index in [1.165, 1.54) is 35.4 Å². The van der Waals surface area contributed by atoms with Crippen molar-refractivity contribution >= 4 is 17.4 Å². The molecule has 32 heavy (non-hydrogen) atoms. The number of hydrogen-bond donors (Lipinski definition) is 1. The van der Waals surface area contributed by atoms with Gasteiger partial charge in [0.1, 0.15) is 0 Å². The van der Waals surface area contributed by atoms with Crippen LogP contribution in [0.1, 0.15) is 22.8 Å². The Hall–Kier alpha value is -4.07. The minimum Gasteiger partial charge on any atom is -0.493 e. The lowest BCUT2D eigenvalue weighted by atomic mass is 9.97. The van der Waals surface area contributed by atoms with Crippen LogP contribution in [0.25, 0.3) is 11.3 Å². The zero-order valence-electron chi connectivity index (χ0n) is 18.5. The third kappa shape index (κ3) is 4.64. The zero-order chi connectivity index (χ0) is 23.3. The molecule has 0 aliphatic carbocycles. The summed E-state index contributed by atoms with van der Waals surface area (Å²) in [7, 11) is 5.97. The second-order valence-corrected chi connectivity index (χ2v) is 6.75. The molecule has 8 heteroatoms. The van der Waals surface area contributed by atoms with Gasteiger partial charge >= 0.3 is 0 Å². The van der Waals surface area contributed by atoms with Crippen LogP contribution in [-0.4, -0.2) is 45.1 Å². The molecule has 2 aromatic carbocycles. The molecule has 0 saturated carbocycles. The van der Waals surface area contributed by atoms with Gasteiger partial charge in [0.25, 0.3) is 0 Å². The number of benzene rings is 2. The molecule has 3 rings (SSSR count). The van der Waals surface area contributed by atoms with Crippen molar-refractivity contribution in [3.8, 4) is 34.4 Å². The van der Waals surface area contributed by atoms with E-state index in [4.69, 9.17) is 18.9 Å². The maximum atomic E-state index is 13.5. The van der Waals surface area contributed by atoms with Crippen molar-refractivity contribution < 1.29 is 28.5 Å². The summed E-state index contributed by atoms with van der Waals surface area (Å²) >= 11 is 0. The molecule has 3 aromatic rings. The first-order chi connectivity index (χ1) is 15.4. The number of nitrogens with one attached hydrogen (secondary N) is 1. The number of anilines is 1. The average molecular weight is 436 g/mol. The fraction of sp³-hybridized carbons (Fsp3) is 0.208. The molecule has 0 unspecified atom stereocenters. The lowest BCUT2D eigenvalue weighted by Gasteiger charge is -2.15. The van der Waals surface area contributed by atoms with Gasteiger partial charge in [-0.2, -0.15) is 0 Å². The highest BCUT2D eigenvalue weighted by Crippen LogP contribution is 2.39. The molecule has 0 saturated heterocycles. The minimum absolute atomic E-state index is 0.289. The molecule has 166 valence electrons. The smallest absolute Gasteiger partial charge is 0.221 e. The third-order valence-corrected chi connectivity index (χ3v) is 4.73. The molecule has 8 nitrogen and oxygen atoms in total. The Morgan fingerprint density at radius 2 is 1.53 bits per heavy atom.